The summed E-state index contributed by atoms with van der Waals surface area (Å²) in [6.07, 6.45) is 11.1. The fourth-order valence-electron chi connectivity index (χ4n) is 4.55. The van der Waals surface area contributed by atoms with Crippen LogP contribution in [-0.4, -0.2) is 32.6 Å². The van der Waals surface area contributed by atoms with E-state index < -0.39 is 0 Å². The maximum absolute atomic E-state index is 6.60. The molecule has 0 radical (unpaired) electrons. The highest BCUT2D eigenvalue weighted by molar-refractivity contribution is 7.13. The summed E-state index contributed by atoms with van der Waals surface area (Å²) in [5, 5.41) is 7.99. The third-order valence-corrected chi connectivity index (χ3v) is 8.22. The molecule has 0 aliphatic carbocycles. The van der Waals surface area contributed by atoms with Gasteiger partial charge in [-0.3, -0.25) is 0 Å². The topological polar surface area (TPSA) is 93.7 Å². The molecule has 0 amide bonds. The van der Waals surface area contributed by atoms with Crippen LogP contribution in [0.1, 0.15) is 22.6 Å². The van der Waals surface area contributed by atoms with Crippen LogP contribution in [0.4, 0.5) is 5.95 Å². The molecule has 1 saturated heterocycles. The zero-order valence-corrected chi connectivity index (χ0v) is 23.2. The fraction of sp³-hybridized carbons (Fsp3) is 0.250. The van der Waals surface area contributed by atoms with Crippen LogP contribution in [0, 0.1) is 5.92 Å². The van der Waals surface area contributed by atoms with Gasteiger partial charge in [0.2, 0.25) is 5.95 Å². The van der Waals surface area contributed by atoms with Crippen molar-refractivity contribution in [2.24, 2.45) is 11.7 Å². The molecule has 3 aromatic heterocycles. The minimum Gasteiger partial charge on any atom is -0.405 e. The third-order valence-electron chi connectivity index (χ3n) is 6.43. The predicted molar refractivity (Wildman–Crippen MR) is 160 cm³/mol. The van der Waals surface area contributed by atoms with E-state index in [4.69, 9.17) is 38.9 Å². The number of hydrogen-bond acceptors (Lipinski definition) is 7. The second kappa shape index (κ2) is 12.1. The number of fused-ring (bicyclic) bond motifs is 1. The minimum atomic E-state index is 0.458. The number of anilines is 1. The first-order valence-corrected chi connectivity index (χ1v) is 14.1. The molecule has 196 valence electrons. The average molecular weight is 567 g/mol. The number of allylic oxidation sites excluding steroid dienone is 4. The molecule has 1 fully saturated rings. The molecule has 0 spiro atoms. The molecule has 0 bridgehead atoms. The fourth-order valence-corrected chi connectivity index (χ4v) is 6.01. The highest BCUT2D eigenvalue weighted by Gasteiger charge is 2.23. The van der Waals surface area contributed by atoms with Gasteiger partial charge in [0, 0.05) is 16.3 Å². The molecular weight excluding hydrogens is 537 g/mol. The van der Waals surface area contributed by atoms with Gasteiger partial charge in [-0.2, -0.15) is 4.98 Å². The van der Waals surface area contributed by atoms with Crippen LogP contribution in [0.3, 0.4) is 0 Å². The van der Waals surface area contributed by atoms with Gasteiger partial charge in [0.05, 0.1) is 28.4 Å². The molecule has 4 N–H and O–H groups in total. The molecule has 5 rings (SSSR count). The van der Waals surface area contributed by atoms with E-state index in [0.29, 0.717) is 39.8 Å². The summed E-state index contributed by atoms with van der Waals surface area (Å²) >= 11 is 14.9. The molecule has 1 aromatic carbocycles. The monoisotopic (exact) mass is 565 g/mol. The number of nitrogens with zero attached hydrogens (tertiary/aromatic N) is 4. The van der Waals surface area contributed by atoms with E-state index >= 15 is 0 Å². The van der Waals surface area contributed by atoms with E-state index in [1.54, 1.807) is 23.6 Å². The number of benzene rings is 1. The van der Waals surface area contributed by atoms with E-state index in [2.05, 4.69) is 38.9 Å². The minimum absolute atomic E-state index is 0.458. The van der Waals surface area contributed by atoms with Gasteiger partial charge in [-0.1, -0.05) is 48.0 Å². The van der Waals surface area contributed by atoms with Crippen molar-refractivity contribution in [3.05, 3.63) is 87.3 Å². The average Bonchev–Trinajstić information content (AvgIpc) is 3.53. The molecule has 1 atom stereocenters. The van der Waals surface area contributed by atoms with Gasteiger partial charge in [0.1, 0.15) is 11.3 Å². The molecule has 38 heavy (non-hydrogen) atoms. The number of nitrogens with two attached hydrogens (primary N) is 1. The maximum Gasteiger partial charge on any atom is 0.225 e. The number of rotatable bonds is 9. The standard InChI is InChI=1S/C28H29Cl2N7S/c1-18(6-2-3-12-31)24-11-10-20(38-24)15-33-28-34-16-23-26(36-28)37(17-19-7-5-13-32-14-19)27(35-23)25-21(29)8-4-9-22(25)30/h2-4,6,8-12,16,19,32H,1,5,7,13-15,17,31H2,(H,33,34,36)/b6-2-,12-3-/t19-/m1/s1. The van der Waals surface area contributed by atoms with Gasteiger partial charge in [-0.25, -0.2) is 9.97 Å². The molecule has 4 aromatic rings. The van der Waals surface area contributed by atoms with E-state index in [1.807, 2.05) is 30.4 Å². The second-order valence-corrected chi connectivity index (χ2v) is 11.1. The summed E-state index contributed by atoms with van der Waals surface area (Å²) in [6.45, 7) is 7.50. The summed E-state index contributed by atoms with van der Waals surface area (Å²) in [5.41, 5.74) is 8.51. The van der Waals surface area contributed by atoms with Crippen molar-refractivity contribution in [2.75, 3.05) is 18.4 Å². The van der Waals surface area contributed by atoms with Gasteiger partial charge < -0.3 is 20.9 Å². The van der Waals surface area contributed by atoms with Crippen LogP contribution < -0.4 is 16.4 Å². The van der Waals surface area contributed by atoms with Crippen molar-refractivity contribution in [3.63, 3.8) is 0 Å². The predicted octanol–water partition coefficient (Wildman–Crippen LogP) is 6.52. The van der Waals surface area contributed by atoms with Crippen molar-refractivity contribution < 1.29 is 0 Å². The van der Waals surface area contributed by atoms with E-state index in [0.717, 1.165) is 59.0 Å². The molecule has 1 aliphatic rings. The summed E-state index contributed by atoms with van der Waals surface area (Å²) in [4.78, 5) is 16.5. The van der Waals surface area contributed by atoms with Gasteiger partial charge in [-0.05, 0) is 74.0 Å². The van der Waals surface area contributed by atoms with Gasteiger partial charge in [0.15, 0.2) is 5.65 Å². The van der Waals surface area contributed by atoms with Crippen molar-refractivity contribution in [3.8, 4) is 11.4 Å². The maximum atomic E-state index is 6.60. The number of thiophene rings is 1. The summed E-state index contributed by atoms with van der Waals surface area (Å²) in [7, 11) is 0. The first kappa shape index (κ1) is 26.4. The van der Waals surface area contributed by atoms with Crippen LogP contribution in [0.5, 0.6) is 0 Å². The van der Waals surface area contributed by atoms with Crippen molar-refractivity contribution in [1.82, 2.24) is 24.8 Å². The quantitative estimate of drug-likeness (QED) is 0.200. The lowest BCUT2D eigenvalue weighted by Crippen LogP contribution is -2.32. The van der Waals surface area contributed by atoms with E-state index in [1.165, 1.54) is 6.20 Å². The Hall–Kier alpha value is -3.17. The Balaban J connectivity index is 1.42. The first-order chi connectivity index (χ1) is 18.5. The Morgan fingerprint density at radius 3 is 2.82 bits per heavy atom. The third kappa shape index (κ3) is 5.94. The molecule has 1 aliphatic heterocycles. The zero-order valence-electron chi connectivity index (χ0n) is 20.8. The van der Waals surface area contributed by atoms with Crippen LogP contribution in [0.15, 0.2) is 67.5 Å². The first-order valence-electron chi connectivity index (χ1n) is 12.5. The Morgan fingerprint density at radius 2 is 2.05 bits per heavy atom. The van der Waals surface area contributed by atoms with Gasteiger partial charge >= 0.3 is 0 Å². The molecule has 0 saturated carbocycles. The van der Waals surface area contributed by atoms with Crippen LogP contribution >= 0.6 is 34.5 Å². The van der Waals surface area contributed by atoms with Gasteiger partial charge in [-0.15, -0.1) is 11.3 Å². The summed E-state index contributed by atoms with van der Waals surface area (Å²) in [5.74, 6) is 1.71. The van der Waals surface area contributed by atoms with Crippen LogP contribution in [0.25, 0.3) is 28.1 Å². The number of nitrogens with one attached hydrogen (secondary N) is 2. The molecule has 0 unspecified atom stereocenters. The molecule has 4 heterocycles. The largest absolute Gasteiger partial charge is 0.405 e. The number of piperidine rings is 1. The molecule has 10 heteroatoms. The van der Waals surface area contributed by atoms with E-state index in [-0.39, 0.29) is 0 Å². The Bertz CT molecular complexity index is 1480. The Labute approximate surface area is 236 Å². The number of hydrogen-bond donors (Lipinski definition) is 3. The lowest BCUT2D eigenvalue weighted by atomic mass is 9.99. The Morgan fingerprint density at radius 1 is 1.21 bits per heavy atom. The second-order valence-electron chi connectivity index (χ2n) is 9.15. The molecule has 7 nitrogen and oxygen atoms in total. The normalized spacial score (nSPS) is 16.1. The number of halogens is 2. The van der Waals surface area contributed by atoms with Crippen molar-refractivity contribution in [2.45, 2.75) is 25.9 Å². The number of imidazole rings is 1. The van der Waals surface area contributed by atoms with Gasteiger partial charge in [0.25, 0.3) is 0 Å². The highest BCUT2D eigenvalue weighted by Crippen LogP contribution is 2.36. The van der Waals surface area contributed by atoms with Crippen LogP contribution in [0.2, 0.25) is 10.0 Å². The number of aromatic nitrogens is 4. The summed E-state index contributed by atoms with van der Waals surface area (Å²) < 4.78 is 2.14. The lowest BCUT2D eigenvalue weighted by molar-refractivity contribution is 0.341. The van der Waals surface area contributed by atoms with E-state index in [9.17, 15) is 0 Å². The molecular formula is C28H29Cl2N7S. The zero-order chi connectivity index (χ0) is 26.5. The summed E-state index contributed by atoms with van der Waals surface area (Å²) in [6, 6.07) is 9.66. The Kier molecular flexibility index (Phi) is 8.44. The van der Waals surface area contributed by atoms with Crippen molar-refractivity contribution in [1.29, 1.82) is 0 Å². The SMILES string of the molecule is C=C(/C=C\C=C/N)c1ccc(CNc2ncc3nc(-c4c(Cl)cccc4Cl)n(C[C@@H]4CCCNC4)c3n2)s1. The van der Waals surface area contributed by atoms with Crippen molar-refractivity contribution >= 4 is 57.2 Å². The van der Waals surface area contributed by atoms with Crippen LogP contribution in [-0.2, 0) is 13.1 Å². The lowest BCUT2D eigenvalue weighted by Gasteiger charge is -2.24. The smallest absolute Gasteiger partial charge is 0.225 e. The highest BCUT2D eigenvalue weighted by atomic mass is 35.5.